The summed E-state index contributed by atoms with van der Waals surface area (Å²) >= 11 is 0. The Morgan fingerprint density at radius 2 is 1.41 bits per heavy atom. The van der Waals surface area contributed by atoms with Crippen LogP contribution in [0.25, 0.3) is 0 Å². The van der Waals surface area contributed by atoms with E-state index < -0.39 is 60.2 Å². The largest absolute Gasteiger partial charge is 0.481 e. The number of carbonyl (C=O) groups excluding carboxylic acids is 3. The summed E-state index contributed by atoms with van der Waals surface area (Å²) in [6.07, 6.45) is -0.728. The van der Waals surface area contributed by atoms with E-state index in [0.717, 1.165) is 0 Å². The van der Waals surface area contributed by atoms with Crippen LogP contribution in [0, 0.1) is 0 Å². The molecule has 0 fully saturated rings. The number of hydrogen-bond donors (Lipinski definition) is 7. The van der Waals surface area contributed by atoms with Crippen LogP contribution in [0.5, 0.6) is 0 Å². The molecule has 4 atom stereocenters. The van der Waals surface area contributed by atoms with Gasteiger partial charge in [-0.25, -0.2) is 0 Å². The molecule has 0 aliphatic carbocycles. The number of nitrogens with two attached hydrogens (primary N) is 1. The minimum atomic E-state index is -1.27. The van der Waals surface area contributed by atoms with E-state index in [1.54, 1.807) is 0 Å². The van der Waals surface area contributed by atoms with E-state index in [2.05, 4.69) is 16.0 Å². The Hall–Kier alpha value is -2.73. The molecule has 0 spiro atoms. The second-order valence-corrected chi connectivity index (χ2v) is 5.91. The number of aliphatic hydroxyl groups excluding tert-OH is 1. The molecule has 0 radical (unpaired) electrons. The molecule has 0 saturated carbocycles. The topological polar surface area (TPSA) is 208 Å². The standard InChI is InChI=1S/C15H26N4O8/c1-7(12(23)18-8(2)15(26)27)17-14(25)10(3-4-11(21)22)19-13(24)9(16)5-6-20/h7-10,20H,3-6,16H2,1-2H3,(H,17,25)(H,18,23)(H,19,24)(H,21,22)(H,26,27)/t7-,8-,9-,10-/m0/s1. The van der Waals surface area contributed by atoms with Gasteiger partial charge < -0.3 is 37.0 Å². The number of aliphatic carboxylic acids is 2. The summed E-state index contributed by atoms with van der Waals surface area (Å²) in [6.45, 7) is 2.20. The van der Waals surface area contributed by atoms with Gasteiger partial charge >= 0.3 is 11.9 Å². The van der Waals surface area contributed by atoms with Crippen LogP contribution in [-0.4, -0.2) is 75.8 Å². The van der Waals surface area contributed by atoms with E-state index in [1.165, 1.54) is 13.8 Å². The van der Waals surface area contributed by atoms with Crippen molar-refractivity contribution in [2.24, 2.45) is 5.73 Å². The second-order valence-electron chi connectivity index (χ2n) is 5.91. The van der Waals surface area contributed by atoms with Crippen molar-refractivity contribution in [1.29, 1.82) is 0 Å². The van der Waals surface area contributed by atoms with Crippen LogP contribution >= 0.6 is 0 Å². The van der Waals surface area contributed by atoms with Crippen molar-refractivity contribution in [2.45, 2.75) is 57.3 Å². The third kappa shape index (κ3) is 9.51. The van der Waals surface area contributed by atoms with Gasteiger partial charge in [-0.05, 0) is 26.7 Å². The van der Waals surface area contributed by atoms with Crippen LogP contribution in [-0.2, 0) is 24.0 Å². The minimum Gasteiger partial charge on any atom is -0.481 e. The van der Waals surface area contributed by atoms with Gasteiger partial charge in [0.2, 0.25) is 17.7 Å². The number of hydrogen-bond acceptors (Lipinski definition) is 7. The van der Waals surface area contributed by atoms with Crippen molar-refractivity contribution in [1.82, 2.24) is 16.0 Å². The van der Waals surface area contributed by atoms with Gasteiger partial charge in [-0.1, -0.05) is 0 Å². The Labute approximate surface area is 155 Å². The fourth-order valence-electron chi connectivity index (χ4n) is 1.87. The molecule has 0 rings (SSSR count). The smallest absolute Gasteiger partial charge is 0.325 e. The van der Waals surface area contributed by atoms with Crippen LogP contribution in [0.4, 0.5) is 0 Å². The average molecular weight is 390 g/mol. The number of amides is 3. The number of nitrogens with one attached hydrogen (secondary N) is 3. The highest BCUT2D eigenvalue weighted by molar-refractivity contribution is 5.94. The predicted octanol–water partition coefficient (Wildman–Crippen LogP) is -2.86. The maximum Gasteiger partial charge on any atom is 0.325 e. The minimum absolute atomic E-state index is 0.0506. The van der Waals surface area contributed by atoms with Crippen molar-refractivity contribution >= 4 is 29.7 Å². The monoisotopic (exact) mass is 390 g/mol. The molecule has 0 aliphatic heterocycles. The summed E-state index contributed by atoms with van der Waals surface area (Å²) in [5, 5.41) is 33.1. The number of carbonyl (C=O) groups is 5. The fraction of sp³-hybridized carbons (Fsp3) is 0.667. The molecule has 0 bridgehead atoms. The predicted molar refractivity (Wildman–Crippen MR) is 91.3 cm³/mol. The van der Waals surface area contributed by atoms with E-state index in [4.69, 9.17) is 21.1 Å². The third-order valence-electron chi connectivity index (χ3n) is 3.54. The van der Waals surface area contributed by atoms with E-state index >= 15 is 0 Å². The SMILES string of the molecule is C[C@H](NC(=O)[C@H](C)NC(=O)[C@H](CCC(=O)O)NC(=O)[C@@H](N)CCO)C(=O)O. The molecule has 0 unspecified atom stereocenters. The van der Waals surface area contributed by atoms with Crippen molar-refractivity contribution in [3.8, 4) is 0 Å². The molecule has 154 valence electrons. The van der Waals surface area contributed by atoms with Crippen molar-refractivity contribution in [3.63, 3.8) is 0 Å². The van der Waals surface area contributed by atoms with Gasteiger partial charge in [0.05, 0.1) is 6.04 Å². The van der Waals surface area contributed by atoms with Crippen LogP contribution in [0.2, 0.25) is 0 Å². The van der Waals surface area contributed by atoms with E-state index in [1.807, 2.05) is 0 Å². The lowest BCUT2D eigenvalue weighted by Crippen LogP contribution is -2.56. The van der Waals surface area contributed by atoms with Gasteiger partial charge in [0.25, 0.3) is 0 Å². The first kappa shape index (κ1) is 24.3. The highest BCUT2D eigenvalue weighted by Crippen LogP contribution is 2.01. The zero-order valence-corrected chi connectivity index (χ0v) is 15.1. The number of rotatable bonds is 12. The molecular weight excluding hydrogens is 364 g/mol. The summed E-state index contributed by atoms with van der Waals surface area (Å²) < 4.78 is 0. The molecule has 27 heavy (non-hydrogen) atoms. The summed E-state index contributed by atoms with van der Waals surface area (Å²) in [6, 6.07) is -4.66. The lowest BCUT2D eigenvalue weighted by molar-refractivity contribution is -0.141. The summed E-state index contributed by atoms with van der Waals surface area (Å²) in [7, 11) is 0. The van der Waals surface area contributed by atoms with Crippen molar-refractivity contribution < 1.29 is 39.3 Å². The third-order valence-corrected chi connectivity index (χ3v) is 3.54. The molecule has 0 aromatic heterocycles. The number of aliphatic hydroxyl groups is 1. The molecule has 8 N–H and O–H groups in total. The quantitative estimate of drug-likeness (QED) is 0.182. The molecule has 0 heterocycles. The van der Waals surface area contributed by atoms with Gasteiger partial charge in [0, 0.05) is 13.0 Å². The van der Waals surface area contributed by atoms with Crippen molar-refractivity contribution in [3.05, 3.63) is 0 Å². The fourth-order valence-corrected chi connectivity index (χ4v) is 1.87. The Morgan fingerprint density at radius 3 is 1.89 bits per heavy atom. The van der Waals surface area contributed by atoms with Crippen LogP contribution in [0.15, 0.2) is 0 Å². The Bertz CT molecular complexity index is 568. The first-order chi connectivity index (χ1) is 12.5. The summed E-state index contributed by atoms with van der Waals surface area (Å²) in [5.74, 6) is -4.80. The second kappa shape index (κ2) is 11.8. The highest BCUT2D eigenvalue weighted by atomic mass is 16.4. The average Bonchev–Trinajstić information content (AvgIpc) is 2.57. The van der Waals surface area contributed by atoms with Crippen molar-refractivity contribution in [2.75, 3.05) is 6.61 Å². The Kier molecular flexibility index (Phi) is 10.6. The molecule has 12 nitrogen and oxygen atoms in total. The molecule has 0 aromatic carbocycles. The number of carboxylic acids is 2. The van der Waals surface area contributed by atoms with E-state index in [9.17, 15) is 24.0 Å². The Morgan fingerprint density at radius 1 is 0.852 bits per heavy atom. The van der Waals surface area contributed by atoms with Crippen LogP contribution in [0.1, 0.15) is 33.1 Å². The number of carboxylic acid groups (broad SMARTS) is 2. The first-order valence-electron chi connectivity index (χ1n) is 8.21. The molecule has 12 heteroatoms. The van der Waals surface area contributed by atoms with E-state index in [0.29, 0.717) is 0 Å². The molecule has 0 aromatic rings. The van der Waals surface area contributed by atoms with Gasteiger partial charge in [0.15, 0.2) is 0 Å². The van der Waals surface area contributed by atoms with E-state index in [-0.39, 0.29) is 19.4 Å². The summed E-state index contributed by atoms with van der Waals surface area (Å²) in [5.41, 5.74) is 5.52. The van der Waals surface area contributed by atoms with Gasteiger partial charge in [-0.2, -0.15) is 0 Å². The lowest BCUT2D eigenvalue weighted by Gasteiger charge is -2.22. The highest BCUT2D eigenvalue weighted by Gasteiger charge is 2.27. The Balaban J connectivity index is 4.95. The molecule has 0 aliphatic rings. The van der Waals surface area contributed by atoms with Gasteiger partial charge in [0.1, 0.15) is 18.1 Å². The first-order valence-corrected chi connectivity index (χ1v) is 8.21. The normalized spacial score (nSPS) is 15.0. The zero-order valence-electron chi connectivity index (χ0n) is 15.1. The zero-order chi connectivity index (χ0) is 21.1. The summed E-state index contributed by atoms with van der Waals surface area (Å²) in [4.78, 5) is 57.6. The lowest BCUT2D eigenvalue weighted by atomic mass is 10.1. The maximum atomic E-state index is 12.3. The molecule has 3 amide bonds. The van der Waals surface area contributed by atoms with Crippen LogP contribution < -0.4 is 21.7 Å². The maximum absolute atomic E-state index is 12.3. The molecular formula is C15H26N4O8. The molecule has 0 saturated heterocycles. The van der Waals surface area contributed by atoms with Gasteiger partial charge in [-0.3, -0.25) is 24.0 Å². The van der Waals surface area contributed by atoms with Gasteiger partial charge in [-0.15, -0.1) is 0 Å². The van der Waals surface area contributed by atoms with Crippen LogP contribution in [0.3, 0.4) is 0 Å².